The predicted molar refractivity (Wildman–Crippen MR) is 85.5 cm³/mol. The van der Waals surface area contributed by atoms with Crippen molar-refractivity contribution >= 4 is 17.2 Å². The molecule has 0 amide bonds. The minimum Gasteiger partial charge on any atom is -0.409 e. The molecule has 0 saturated heterocycles. The van der Waals surface area contributed by atoms with Crippen molar-refractivity contribution in [3.63, 3.8) is 0 Å². The Hall–Kier alpha value is -2.66. The molecule has 21 heavy (non-hydrogen) atoms. The Kier molecular flexibility index (Phi) is 3.66. The number of hydrogen-bond donors (Lipinski definition) is 2. The Morgan fingerprint density at radius 3 is 2.48 bits per heavy atom. The van der Waals surface area contributed by atoms with Crippen LogP contribution in [0, 0.1) is 0 Å². The first-order chi connectivity index (χ1) is 10.3. The van der Waals surface area contributed by atoms with Gasteiger partial charge in [0.15, 0.2) is 10.8 Å². The van der Waals surface area contributed by atoms with Crippen LogP contribution in [0.2, 0.25) is 0 Å². The van der Waals surface area contributed by atoms with Gasteiger partial charge in [-0.15, -0.1) is 11.3 Å². The molecule has 0 radical (unpaired) electrons. The van der Waals surface area contributed by atoms with Crippen LogP contribution >= 0.6 is 11.3 Å². The van der Waals surface area contributed by atoms with Gasteiger partial charge in [0.2, 0.25) is 0 Å². The molecule has 0 bridgehead atoms. The van der Waals surface area contributed by atoms with Gasteiger partial charge in [0.25, 0.3) is 0 Å². The second-order valence-electron chi connectivity index (χ2n) is 4.47. The Balaban J connectivity index is 1.99. The number of benzene rings is 2. The van der Waals surface area contributed by atoms with Crippen LogP contribution in [0.1, 0.15) is 5.01 Å². The van der Waals surface area contributed by atoms with E-state index in [0.29, 0.717) is 5.01 Å². The molecule has 3 rings (SSSR count). The van der Waals surface area contributed by atoms with Gasteiger partial charge in [0, 0.05) is 10.9 Å². The largest absolute Gasteiger partial charge is 0.409 e. The maximum Gasteiger partial charge on any atom is 0.199 e. The zero-order valence-electron chi connectivity index (χ0n) is 11.1. The summed E-state index contributed by atoms with van der Waals surface area (Å²) < 4.78 is 0. The monoisotopic (exact) mass is 295 g/mol. The van der Waals surface area contributed by atoms with Gasteiger partial charge in [0.05, 0.1) is 5.69 Å². The summed E-state index contributed by atoms with van der Waals surface area (Å²) in [6.45, 7) is 0. The number of oxime groups is 1. The summed E-state index contributed by atoms with van der Waals surface area (Å²) >= 11 is 1.35. The van der Waals surface area contributed by atoms with Gasteiger partial charge in [0.1, 0.15) is 0 Å². The Morgan fingerprint density at radius 1 is 1.00 bits per heavy atom. The minimum atomic E-state index is 0.0328. The fourth-order valence-electron chi connectivity index (χ4n) is 2.06. The van der Waals surface area contributed by atoms with Crippen molar-refractivity contribution in [1.82, 2.24) is 4.98 Å². The zero-order chi connectivity index (χ0) is 14.7. The SMILES string of the molecule is N/C(=N/O)c1nc(-c2cccc(-c3ccccc3)c2)cs1. The van der Waals surface area contributed by atoms with E-state index >= 15 is 0 Å². The van der Waals surface area contributed by atoms with Gasteiger partial charge in [-0.2, -0.15) is 0 Å². The molecule has 0 spiro atoms. The van der Waals surface area contributed by atoms with Crippen LogP contribution in [0.25, 0.3) is 22.4 Å². The molecule has 0 unspecified atom stereocenters. The molecule has 3 aromatic rings. The third-order valence-electron chi connectivity index (χ3n) is 3.10. The summed E-state index contributed by atoms with van der Waals surface area (Å²) in [4.78, 5) is 4.39. The van der Waals surface area contributed by atoms with E-state index in [2.05, 4.69) is 34.4 Å². The first-order valence-corrected chi connectivity index (χ1v) is 7.25. The summed E-state index contributed by atoms with van der Waals surface area (Å²) in [5, 5.41) is 14.1. The molecule has 104 valence electrons. The fourth-order valence-corrected chi connectivity index (χ4v) is 2.78. The molecule has 1 heterocycles. The summed E-state index contributed by atoms with van der Waals surface area (Å²) in [5.74, 6) is 0.0328. The average molecular weight is 295 g/mol. The second kappa shape index (κ2) is 5.76. The van der Waals surface area contributed by atoms with E-state index in [4.69, 9.17) is 10.9 Å². The predicted octanol–water partition coefficient (Wildman–Crippen LogP) is 3.57. The normalized spacial score (nSPS) is 11.5. The summed E-state index contributed by atoms with van der Waals surface area (Å²) in [6, 6.07) is 18.3. The average Bonchev–Trinajstić information content (AvgIpc) is 3.05. The molecule has 2 aromatic carbocycles. The fraction of sp³-hybridized carbons (Fsp3) is 0. The summed E-state index contributed by atoms with van der Waals surface area (Å²) in [7, 11) is 0. The van der Waals surface area contributed by atoms with Crippen LogP contribution < -0.4 is 5.73 Å². The second-order valence-corrected chi connectivity index (χ2v) is 5.33. The molecule has 0 atom stereocenters. The van der Waals surface area contributed by atoms with E-state index < -0.39 is 0 Å². The smallest absolute Gasteiger partial charge is 0.199 e. The van der Waals surface area contributed by atoms with Crippen molar-refractivity contribution in [2.75, 3.05) is 0 Å². The minimum absolute atomic E-state index is 0.0328. The van der Waals surface area contributed by atoms with Crippen molar-refractivity contribution in [2.45, 2.75) is 0 Å². The number of rotatable bonds is 3. The van der Waals surface area contributed by atoms with Gasteiger partial charge in [-0.1, -0.05) is 53.7 Å². The lowest BCUT2D eigenvalue weighted by Gasteiger charge is -2.03. The first kappa shape index (κ1) is 13.3. The van der Waals surface area contributed by atoms with Gasteiger partial charge >= 0.3 is 0 Å². The molecule has 0 aliphatic heterocycles. The highest BCUT2D eigenvalue weighted by Gasteiger charge is 2.08. The summed E-state index contributed by atoms with van der Waals surface area (Å²) in [6.07, 6.45) is 0. The van der Waals surface area contributed by atoms with E-state index in [0.717, 1.165) is 22.4 Å². The van der Waals surface area contributed by atoms with Crippen LogP contribution in [0.5, 0.6) is 0 Å². The first-order valence-electron chi connectivity index (χ1n) is 6.37. The van der Waals surface area contributed by atoms with Crippen molar-refractivity contribution in [3.05, 3.63) is 65.0 Å². The summed E-state index contributed by atoms with van der Waals surface area (Å²) in [5.41, 5.74) is 9.67. The van der Waals surface area contributed by atoms with Crippen molar-refractivity contribution in [1.29, 1.82) is 0 Å². The highest BCUT2D eigenvalue weighted by molar-refractivity contribution is 7.12. The molecule has 0 saturated carbocycles. The number of aromatic nitrogens is 1. The lowest BCUT2D eigenvalue weighted by Crippen LogP contribution is -2.12. The van der Waals surface area contributed by atoms with Crippen LogP contribution in [0.15, 0.2) is 65.1 Å². The topological polar surface area (TPSA) is 71.5 Å². The van der Waals surface area contributed by atoms with Crippen molar-refractivity contribution < 1.29 is 5.21 Å². The third-order valence-corrected chi connectivity index (χ3v) is 3.96. The van der Waals surface area contributed by atoms with Crippen molar-refractivity contribution in [2.24, 2.45) is 10.9 Å². The Labute approximate surface area is 126 Å². The van der Waals surface area contributed by atoms with Gasteiger partial charge in [-0.3, -0.25) is 0 Å². The van der Waals surface area contributed by atoms with E-state index in [9.17, 15) is 0 Å². The Morgan fingerprint density at radius 2 is 1.71 bits per heavy atom. The van der Waals surface area contributed by atoms with E-state index in [-0.39, 0.29) is 5.84 Å². The zero-order valence-corrected chi connectivity index (χ0v) is 11.9. The van der Waals surface area contributed by atoms with E-state index in [1.807, 2.05) is 35.7 Å². The number of thiazole rings is 1. The van der Waals surface area contributed by atoms with Gasteiger partial charge in [-0.05, 0) is 17.2 Å². The quantitative estimate of drug-likeness (QED) is 0.336. The standard InChI is InChI=1S/C16H13N3OS/c17-15(19-20)16-18-14(10-21-16)13-8-4-7-12(9-13)11-5-2-1-3-6-11/h1-10,20H,(H2,17,19). The molecule has 0 fully saturated rings. The molecular weight excluding hydrogens is 282 g/mol. The number of hydrogen-bond acceptors (Lipinski definition) is 4. The molecule has 5 heteroatoms. The lowest BCUT2D eigenvalue weighted by molar-refractivity contribution is 0.318. The highest BCUT2D eigenvalue weighted by Crippen LogP contribution is 2.27. The van der Waals surface area contributed by atoms with Gasteiger partial charge in [-0.25, -0.2) is 4.98 Å². The molecule has 3 N–H and O–H groups in total. The van der Waals surface area contributed by atoms with E-state index in [1.165, 1.54) is 11.3 Å². The molecule has 1 aromatic heterocycles. The van der Waals surface area contributed by atoms with Crippen LogP contribution in [0.3, 0.4) is 0 Å². The number of nitrogens with two attached hydrogens (primary N) is 1. The number of amidine groups is 1. The molecular formula is C16H13N3OS. The molecule has 4 nitrogen and oxygen atoms in total. The van der Waals surface area contributed by atoms with Gasteiger partial charge < -0.3 is 10.9 Å². The van der Waals surface area contributed by atoms with Crippen LogP contribution in [-0.2, 0) is 0 Å². The Bertz CT molecular complexity index is 781. The third kappa shape index (κ3) is 2.78. The lowest BCUT2D eigenvalue weighted by atomic mass is 10.0. The van der Waals surface area contributed by atoms with Crippen molar-refractivity contribution in [3.8, 4) is 22.4 Å². The molecule has 0 aliphatic carbocycles. The highest BCUT2D eigenvalue weighted by atomic mass is 32.1. The maximum atomic E-state index is 8.69. The molecule has 0 aliphatic rings. The maximum absolute atomic E-state index is 8.69. The number of nitrogens with zero attached hydrogens (tertiary/aromatic N) is 2. The van der Waals surface area contributed by atoms with E-state index in [1.54, 1.807) is 0 Å². The van der Waals surface area contributed by atoms with Crippen LogP contribution in [0.4, 0.5) is 0 Å². The van der Waals surface area contributed by atoms with Crippen LogP contribution in [-0.4, -0.2) is 16.0 Å².